The van der Waals surface area contributed by atoms with Gasteiger partial charge in [-0.1, -0.05) is 60.3 Å². The minimum atomic E-state index is -0.567. The third-order valence-electron chi connectivity index (χ3n) is 4.97. The maximum Gasteiger partial charge on any atom is 0.319 e. The minimum absolute atomic E-state index is 0.287. The Morgan fingerprint density at radius 1 is 1.16 bits per heavy atom. The van der Waals surface area contributed by atoms with Gasteiger partial charge in [-0.3, -0.25) is 9.59 Å². The monoisotopic (exact) mass is 447 g/mol. The van der Waals surface area contributed by atoms with Gasteiger partial charge in [0.25, 0.3) is 5.91 Å². The molecule has 2 N–H and O–H groups in total. The molecule has 0 bridgehead atoms. The Labute approximate surface area is 192 Å². The number of hydrogen-bond donors (Lipinski definition) is 2. The van der Waals surface area contributed by atoms with Crippen LogP contribution in [0.5, 0.6) is 0 Å². The van der Waals surface area contributed by atoms with Crippen LogP contribution in [-0.2, 0) is 14.3 Å². The quantitative estimate of drug-likeness (QED) is 0.598. The topological polar surface area (TPSA) is 91.2 Å². The van der Waals surface area contributed by atoms with Crippen molar-refractivity contribution in [2.75, 3.05) is 11.9 Å². The molecule has 0 radical (unpaired) electrons. The van der Waals surface area contributed by atoms with E-state index in [1.54, 1.807) is 20.8 Å². The first-order valence-corrected chi connectivity index (χ1v) is 11.2. The maximum absolute atomic E-state index is 13.3. The van der Waals surface area contributed by atoms with Crippen LogP contribution in [-0.4, -0.2) is 23.7 Å². The van der Waals surface area contributed by atoms with E-state index in [9.17, 15) is 14.9 Å². The number of amides is 1. The molecule has 0 fully saturated rings. The third-order valence-corrected chi connectivity index (χ3v) is 6.07. The summed E-state index contributed by atoms with van der Waals surface area (Å²) < 4.78 is 5.11. The van der Waals surface area contributed by atoms with Crippen molar-refractivity contribution in [3.63, 3.8) is 0 Å². The standard InChI is InChI=1S/C25H25N3O3S/c1-4-31-25(30)17(3)32-24-20(15-26)22(18-11-7-5-8-12-18)21(16(2)27-24)23(29)28-19-13-9-6-10-14-19/h5-14,17,22,27H,4H2,1-3H3,(H,28,29)/t17-,22-/m1/s1. The molecular formula is C25H25N3O3S. The highest BCUT2D eigenvalue weighted by Crippen LogP contribution is 2.41. The first-order chi connectivity index (χ1) is 15.5. The zero-order chi connectivity index (χ0) is 23.1. The Hall–Kier alpha value is -3.50. The van der Waals surface area contributed by atoms with E-state index in [0.717, 1.165) is 5.56 Å². The summed E-state index contributed by atoms with van der Waals surface area (Å²) in [7, 11) is 0. The molecule has 0 saturated carbocycles. The van der Waals surface area contributed by atoms with Crippen LogP contribution in [0.3, 0.4) is 0 Å². The fraction of sp³-hybridized carbons (Fsp3) is 0.240. The Morgan fingerprint density at radius 3 is 2.38 bits per heavy atom. The predicted molar refractivity (Wildman–Crippen MR) is 126 cm³/mol. The summed E-state index contributed by atoms with van der Waals surface area (Å²) in [5, 5.41) is 16.3. The molecule has 0 saturated heterocycles. The smallest absolute Gasteiger partial charge is 0.319 e. The second-order valence-corrected chi connectivity index (χ2v) is 8.55. The fourth-order valence-electron chi connectivity index (χ4n) is 3.49. The number of allylic oxidation sites excluding steroid dienone is 2. The number of carbonyl (C=O) groups excluding carboxylic acids is 2. The number of esters is 1. The number of thioether (sulfide) groups is 1. The first-order valence-electron chi connectivity index (χ1n) is 10.3. The number of ether oxygens (including phenoxy) is 1. The first kappa shape index (κ1) is 23.2. The van der Waals surface area contributed by atoms with E-state index in [0.29, 0.717) is 27.6 Å². The van der Waals surface area contributed by atoms with Crippen molar-refractivity contribution in [2.24, 2.45) is 0 Å². The van der Waals surface area contributed by atoms with Crippen molar-refractivity contribution in [3.8, 4) is 6.07 Å². The number of carbonyl (C=O) groups is 2. The van der Waals surface area contributed by atoms with Gasteiger partial charge >= 0.3 is 5.97 Å². The summed E-state index contributed by atoms with van der Waals surface area (Å²) in [6, 6.07) is 20.9. The van der Waals surface area contributed by atoms with E-state index >= 15 is 0 Å². The molecule has 2 aromatic carbocycles. The lowest BCUT2D eigenvalue weighted by Crippen LogP contribution is -2.31. The van der Waals surface area contributed by atoms with Crippen molar-refractivity contribution in [1.82, 2.24) is 5.32 Å². The second kappa shape index (κ2) is 10.7. The zero-order valence-electron chi connectivity index (χ0n) is 18.2. The fourth-order valence-corrected chi connectivity index (χ4v) is 4.51. The summed E-state index contributed by atoms with van der Waals surface area (Å²) >= 11 is 1.23. The lowest BCUT2D eigenvalue weighted by atomic mass is 9.82. The number of anilines is 1. The SMILES string of the molecule is CCOC(=O)[C@@H](C)SC1=C(C#N)[C@@H](c2ccccc2)C(C(=O)Nc2ccccc2)=C(C)N1. The predicted octanol–water partition coefficient (Wildman–Crippen LogP) is 4.71. The molecule has 0 unspecified atom stereocenters. The van der Waals surface area contributed by atoms with Gasteiger partial charge in [-0.25, -0.2) is 0 Å². The summed E-state index contributed by atoms with van der Waals surface area (Å²) in [6.45, 7) is 5.58. The molecule has 3 rings (SSSR count). The highest BCUT2D eigenvalue weighted by molar-refractivity contribution is 8.04. The number of dihydropyridines is 1. The number of nitrogens with zero attached hydrogens (tertiary/aromatic N) is 1. The highest BCUT2D eigenvalue weighted by atomic mass is 32.2. The summed E-state index contributed by atoms with van der Waals surface area (Å²) in [5.41, 5.74) is 2.98. The average Bonchev–Trinajstić information content (AvgIpc) is 2.80. The lowest BCUT2D eigenvalue weighted by Gasteiger charge is -2.30. The lowest BCUT2D eigenvalue weighted by molar-refractivity contribution is -0.142. The molecule has 0 aliphatic carbocycles. The minimum Gasteiger partial charge on any atom is -0.465 e. The van der Waals surface area contributed by atoms with Crippen molar-refractivity contribution in [3.05, 3.63) is 88.1 Å². The molecule has 1 aliphatic heterocycles. The zero-order valence-corrected chi connectivity index (χ0v) is 19.0. The van der Waals surface area contributed by atoms with Crippen LogP contribution in [0, 0.1) is 11.3 Å². The van der Waals surface area contributed by atoms with E-state index in [2.05, 4.69) is 16.7 Å². The molecule has 2 aromatic rings. The molecular weight excluding hydrogens is 422 g/mol. The highest BCUT2D eigenvalue weighted by Gasteiger charge is 2.35. The van der Waals surface area contributed by atoms with E-state index in [4.69, 9.17) is 4.74 Å². The van der Waals surface area contributed by atoms with Crippen LogP contribution in [0.1, 0.15) is 32.3 Å². The van der Waals surface area contributed by atoms with Gasteiger partial charge in [-0.2, -0.15) is 5.26 Å². The average molecular weight is 448 g/mol. The number of nitriles is 1. The molecule has 1 aliphatic rings. The van der Waals surface area contributed by atoms with Gasteiger partial charge in [-0.15, -0.1) is 0 Å². The molecule has 6 nitrogen and oxygen atoms in total. The van der Waals surface area contributed by atoms with Gasteiger partial charge in [0.15, 0.2) is 0 Å². The van der Waals surface area contributed by atoms with Gasteiger partial charge in [0, 0.05) is 17.0 Å². The van der Waals surface area contributed by atoms with Gasteiger partial charge < -0.3 is 15.4 Å². The van der Waals surface area contributed by atoms with Gasteiger partial charge in [0.1, 0.15) is 5.25 Å². The van der Waals surface area contributed by atoms with Crippen molar-refractivity contribution < 1.29 is 14.3 Å². The van der Waals surface area contributed by atoms with Crippen molar-refractivity contribution >= 4 is 29.3 Å². The number of hydrogen-bond acceptors (Lipinski definition) is 6. The largest absolute Gasteiger partial charge is 0.465 e. The third kappa shape index (κ3) is 5.21. The molecule has 32 heavy (non-hydrogen) atoms. The summed E-state index contributed by atoms with van der Waals surface area (Å²) in [6.07, 6.45) is 0. The number of rotatable bonds is 7. The Kier molecular flexibility index (Phi) is 7.74. The van der Waals surface area contributed by atoms with Crippen LogP contribution in [0.15, 0.2) is 82.5 Å². The van der Waals surface area contributed by atoms with E-state index < -0.39 is 11.2 Å². The molecule has 164 valence electrons. The molecule has 7 heteroatoms. The Bertz CT molecular complexity index is 1090. The van der Waals surface area contributed by atoms with Crippen LogP contribution < -0.4 is 10.6 Å². The van der Waals surface area contributed by atoms with Crippen molar-refractivity contribution in [2.45, 2.75) is 31.9 Å². The van der Waals surface area contributed by atoms with Crippen LogP contribution in [0.25, 0.3) is 0 Å². The normalized spacial score (nSPS) is 16.6. The van der Waals surface area contributed by atoms with E-state index in [1.165, 1.54) is 11.8 Å². The maximum atomic E-state index is 13.3. The van der Waals surface area contributed by atoms with Crippen LogP contribution in [0.4, 0.5) is 5.69 Å². The molecule has 1 amide bonds. The molecule has 0 aromatic heterocycles. The molecule has 1 heterocycles. The van der Waals surface area contributed by atoms with E-state index in [1.807, 2.05) is 60.7 Å². The summed E-state index contributed by atoms with van der Waals surface area (Å²) in [5.74, 6) is -1.21. The molecule has 2 atom stereocenters. The van der Waals surface area contributed by atoms with Crippen LogP contribution >= 0.6 is 11.8 Å². The molecule has 0 spiro atoms. The second-order valence-electron chi connectivity index (χ2n) is 7.19. The van der Waals surface area contributed by atoms with Crippen LogP contribution in [0.2, 0.25) is 0 Å². The van der Waals surface area contributed by atoms with Gasteiger partial charge in [-0.05, 0) is 38.5 Å². The van der Waals surface area contributed by atoms with Gasteiger partial charge in [0.2, 0.25) is 0 Å². The number of para-hydroxylation sites is 1. The van der Waals surface area contributed by atoms with Gasteiger partial charge in [0.05, 0.1) is 29.2 Å². The van der Waals surface area contributed by atoms with Crippen molar-refractivity contribution in [1.29, 1.82) is 5.26 Å². The number of benzene rings is 2. The number of nitrogens with one attached hydrogen (secondary N) is 2. The van der Waals surface area contributed by atoms with E-state index in [-0.39, 0.29) is 18.5 Å². The Balaban J connectivity index is 2.02. The Morgan fingerprint density at radius 2 is 1.78 bits per heavy atom. The summed E-state index contributed by atoms with van der Waals surface area (Å²) in [4.78, 5) is 25.5.